The Morgan fingerprint density at radius 3 is 2.83 bits per heavy atom. The average Bonchev–Trinajstić information content (AvgIpc) is 3.14. The summed E-state index contributed by atoms with van der Waals surface area (Å²) < 4.78 is 7.86. The Morgan fingerprint density at radius 1 is 1.35 bits per heavy atom. The second-order valence-electron chi connectivity index (χ2n) is 6.92. The molecule has 0 radical (unpaired) electrons. The van der Waals surface area contributed by atoms with Gasteiger partial charge in [0, 0.05) is 45.5 Å². The molecular formula is C17H28N4O2. The fraction of sp³-hybridized carbons (Fsp3) is 0.765. The van der Waals surface area contributed by atoms with Crippen LogP contribution in [-0.4, -0.2) is 64.1 Å². The molecule has 3 atom stereocenters. The highest BCUT2D eigenvalue weighted by Gasteiger charge is 2.31. The Morgan fingerprint density at radius 2 is 2.17 bits per heavy atom. The molecule has 3 heterocycles. The number of carbonyl (C=O) groups excluding carboxylic acids is 1. The van der Waals surface area contributed by atoms with Gasteiger partial charge in [0.05, 0.1) is 18.2 Å². The summed E-state index contributed by atoms with van der Waals surface area (Å²) in [5, 5.41) is 0. The molecule has 6 nitrogen and oxygen atoms in total. The molecule has 3 rings (SSSR count). The van der Waals surface area contributed by atoms with Gasteiger partial charge in [-0.3, -0.25) is 9.69 Å². The van der Waals surface area contributed by atoms with Crippen molar-refractivity contribution in [3.63, 3.8) is 0 Å². The summed E-state index contributed by atoms with van der Waals surface area (Å²) in [6.07, 6.45) is 8.06. The van der Waals surface area contributed by atoms with Gasteiger partial charge in [0.25, 0.3) is 0 Å². The van der Waals surface area contributed by atoms with E-state index in [1.807, 2.05) is 28.9 Å². The number of aryl methyl sites for hydroxylation is 1. The molecule has 2 aliphatic rings. The van der Waals surface area contributed by atoms with Crippen LogP contribution in [0.5, 0.6) is 0 Å². The summed E-state index contributed by atoms with van der Waals surface area (Å²) in [5.41, 5.74) is 0. The van der Waals surface area contributed by atoms with Crippen LogP contribution in [0.3, 0.4) is 0 Å². The monoisotopic (exact) mass is 320 g/mol. The van der Waals surface area contributed by atoms with Crippen LogP contribution in [0.2, 0.25) is 0 Å². The standard InChI is InChI=1S/C17H28N4O2/c1-13-4-5-14(23-13)6-7-16(22)21-11-10-19(2)15(12-21)17-18-8-9-20(17)3/h8-9,13-15H,4-7,10-12H2,1-3H3. The maximum absolute atomic E-state index is 12.6. The lowest BCUT2D eigenvalue weighted by Gasteiger charge is -2.39. The zero-order chi connectivity index (χ0) is 16.4. The summed E-state index contributed by atoms with van der Waals surface area (Å²) in [5.74, 6) is 1.28. The third kappa shape index (κ3) is 3.75. The predicted octanol–water partition coefficient (Wildman–Crippen LogP) is 1.58. The summed E-state index contributed by atoms with van der Waals surface area (Å²) in [4.78, 5) is 21.3. The van der Waals surface area contributed by atoms with E-state index in [0.717, 1.165) is 44.7 Å². The van der Waals surface area contributed by atoms with Crippen LogP contribution in [0.25, 0.3) is 0 Å². The summed E-state index contributed by atoms with van der Waals surface area (Å²) in [6, 6.07) is 0.176. The molecule has 1 amide bonds. The van der Waals surface area contributed by atoms with Crippen LogP contribution in [0.4, 0.5) is 0 Å². The van der Waals surface area contributed by atoms with Crippen molar-refractivity contribution in [3.05, 3.63) is 18.2 Å². The van der Waals surface area contributed by atoms with Crippen molar-refractivity contribution < 1.29 is 9.53 Å². The molecule has 128 valence electrons. The van der Waals surface area contributed by atoms with Crippen molar-refractivity contribution in [1.29, 1.82) is 0 Å². The fourth-order valence-corrected chi connectivity index (χ4v) is 3.62. The number of nitrogens with zero attached hydrogens (tertiary/aromatic N) is 4. The van der Waals surface area contributed by atoms with E-state index in [0.29, 0.717) is 12.5 Å². The number of hydrogen-bond donors (Lipinski definition) is 0. The highest BCUT2D eigenvalue weighted by Crippen LogP contribution is 2.25. The number of carbonyl (C=O) groups is 1. The minimum atomic E-state index is 0.176. The van der Waals surface area contributed by atoms with Crippen LogP contribution in [0.1, 0.15) is 44.5 Å². The number of hydrogen-bond acceptors (Lipinski definition) is 4. The van der Waals surface area contributed by atoms with E-state index in [1.165, 1.54) is 0 Å². The van der Waals surface area contributed by atoms with Crippen LogP contribution >= 0.6 is 0 Å². The van der Waals surface area contributed by atoms with E-state index in [1.54, 1.807) is 0 Å². The van der Waals surface area contributed by atoms with Crippen molar-refractivity contribution in [2.75, 3.05) is 26.7 Å². The van der Waals surface area contributed by atoms with Gasteiger partial charge in [0.1, 0.15) is 5.82 Å². The van der Waals surface area contributed by atoms with E-state index in [2.05, 4.69) is 23.9 Å². The molecular weight excluding hydrogens is 292 g/mol. The first-order chi connectivity index (χ1) is 11.0. The van der Waals surface area contributed by atoms with Crippen LogP contribution in [0, 0.1) is 0 Å². The molecule has 0 aliphatic carbocycles. The van der Waals surface area contributed by atoms with Gasteiger partial charge < -0.3 is 14.2 Å². The Kier molecular flexibility index (Phi) is 5.02. The Hall–Kier alpha value is -1.40. The predicted molar refractivity (Wildman–Crippen MR) is 88.0 cm³/mol. The van der Waals surface area contributed by atoms with Crippen molar-refractivity contribution >= 4 is 5.91 Å². The van der Waals surface area contributed by atoms with Gasteiger partial charge in [-0.2, -0.15) is 0 Å². The normalized spacial score (nSPS) is 29.2. The Bertz CT molecular complexity index is 544. The van der Waals surface area contributed by atoms with Gasteiger partial charge >= 0.3 is 0 Å². The summed E-state index contributed by atoms with van der Waals surface area (Å²) >= 11 is 0. The number of amides is 1. The first-order valence-corrected chi connectivity index (χ1v) is 8.65. The van der Waals surface area contributed by atoms with Gasteiger partial charge in [0.2, 0.25) is 5.91 Å². The highest BCUT2D eigenvalue weighted by atomic mass is 16.5. The number of aromatic nitrogens is 2. The molecule has 23 heavy (non-hydrogen) atoms. The summed E-state index contributed by atoms with van der Waals surface area (Å²) in [7, 11) is 4.12. The van der Waals surface area contributed by atoms with Gasteiger partial charge in [-0.05, 0) is 33.2 Å². The lowest BCUT2D eigenvalue weighted by molar-refractivity contribution is -0.134. The molecule has 0 N–H and O–H groups in total. The number of likely N-dealkylation sites (N-methyl/N-ethyl adjacent to an activating group) is 1. The van der Waals surface area contributed by atoms with Crippen molar-refractivity contribution in [1.82, 2.24) is 19.4 Å². The van der Waals surface area contributed by atoms with Gasteiger partial charge in [-0.15, -0.1) is 0 Å². The van der Waals surface area contributed by atoms with Crippen LogP contribution in [-0.2, 0) is 16.6 Å². The Balaban J connectivity index is 1.55. The molecule has 2 saturated heterocycles. The van der Waals surface area contributed by atoms with E-state index >= 15 is 0 Å². The zero-order valence-corrected chi connectivity index (χ0v) is 14.4. The zero-order valence-electron chi connectivity index (χ0n) is 14.4. The van der Waals surface area contributed by atoms with Crippen molar-refractivity contribution in [2.24, 2.45) is 7.05 Å². The molecule has 3 unspecified atom stereocenters. The van der Waals surface area contributed by atoms with Crippen LogP contribution in [0.15, 0.2) is 12.4 Å². The van der Waals surface area contributed by atoms with Crippen molar-refractivity contribution in [2.45, 2.75) is 50.9 Å². The second kappa shape index (κ2) is 7.01. The van der Waals surface area contributed by atoms with E-state index in [4.69, 9.17) is 4.74 Å². The molecule has 0 aromatic carbocycles. The third-order valence-electron chi connectivity index (χ3n) is 5.16. The first kappa shape index (κ1) is 16.5. The minimum Gasteiger partial charge on any atom is -0.375 e. The maximum atomic E-state index is 12.6. The second-order valence-corrected chi connectivity index (χ2v) is 6.92. The number of ether oxygens (including phenoxy) is 1. The van der Waals surface area contributed by atoms with Gasteiger partial charge in [-0.1, -0.05) is 0 Å². The SMILES string of the molecule is CC1CCC(CCC(=O)N2CCN(C)C(c3nccn3C)C2)O1. The molecule has 6 heteroatoms. The fourth-order valence-electron chi connectivity index (χ4n) is 3.62. The minimum absolute atomic E-state index is 0.176. The molecule has 0 saturated carbocycles. The van der Waals surface area contributed by atoms with E-state index in [-0.39, 0.29) is 18.1 Å². The summed E-state index contributed by atoms with van der Waals surface area (Å²) in [6.45, 7) is 4.53. The number of imidazole rings is 1. The van der Waals surface area contributed by atoms with Crippen LogP contribution < -0.4 is 0 Å². The average molecular weight is 320 g/mol. The molecule has 1 aromatic rings. The maximum Gasteiger partial charge on any atom is 0.222 e. The van der Waals surface area contributed by atoms with Crippen molar-refractivity contribution in [3.8, 4) is 0 Å². The first-order valence-electron chi connectivity index (χ1n) is 8.65. The highest BCUT2D eigenvalue weighted by molar-refractivity contribution is 5.76. The van der Waals surface area contributed by atoms with Gasteiger partial charge in [-0.25, -0.2) is 4.98 Å². The largest absolute Gasteiger partial charge is 0.375 e. The lowest BCUT2D eigenvalue weighted by atomic mass is 10.1. The smallest absolute Gasteiger partial charge is 0.222 e. The van der Waals surface area contributed by atoms with E-state index in [9.17, 15) is 4.79 Å². The van der Waals surface area contributed by atoms with Gasteiger partial charge in [0.15, 0.2) is 0 Å². The quantitative estimate of drug-likeness (QED) is 0.845. The lowest BCUT2D eigenvalue weighted by Crippen LogP contribution is -2.49. The number of rotatable bonds is 4. The molecule has 2 fully saturated rings. The molecule has 1 aromatic heterocycles. The Labute approximate surface area is 138 Å². The molecule has 0 spiro atoms. The topological polar surface area (TPSA) is 50.6 Å². The number of piperazine rings is 1. The van der Waals surface area contributed by atoms with E-state index < -0.39 is 0 Å². The third-order valence-corrected chi connectivity index (χ3v) is 5.16. The molecule has 2 aliphatic heterocycles. The molecule has 0 bridgehead atoms.